The molecule has 0 saturated heterocycles. The maximum atomic E-state index is 12.6. The van der Waals surface area contributed by atoms with Gasteiger partial charge in [0.15, 0.2) is 6.29 Å². The highest BCUT2D eigenvalue weighted by molar-refractivity contribution is 5.78. The summed E-state index contributed by atoms with van der Waals surface area (Å²) in [4.78, 5) is 10.5. The first-order valence-corrected chi connectivity index (χ1v) is 4.87. The smallest absolute Gasteiger partial charge is 0.298 e. The second-order valence-electron chi connectivity index (χ2n) is 3.56. The molecule has 1 nitrogen and oxygen atoms in total. The molecule has 1 rings (SSSR count). The number of alkyl halides is 6. The second-order valence-corrected chi connectivity index (χ2v) is 3.56. The summed E-state index contributed by atoms with van der Waals surface area (Å²) in [6.07, 6.45) is -10.1. The molecule has 0 atom stereocenters. The number of hydrogen-bond acceptors (Lipinski definition) is 1. The van der Waals surface area contributed by atoms with Crippen LogP contribution in [0.25, 0.3) is 0 Å². The van der Waals surface area contributed by atoms with Crippen LogP contribution in [0.5, 0.6) is 0 Å². The molecule has 0 unspecified atom stereocenters. The van der Waals surface area contributed by atoms with Crippen molar-refractivity contribution < 1.29 is 31.1 Å². The summed E-state index contributed by atoms with van der Waals surface area (Å²) in [6.45, 7) is 1.37. The van der Waals surface area contributed by atoms with Crippen molar-refractivity contribution in [3.8, 4) is 0 Å². The Morgan fingerprint density at radius 3 is 1.83 bits per heavy atom. The summed E-state index contributed by atoms with van der Waals surface area (Å²) in [5.41, 5.74) is -4.05. The van der Waals surface area contributed by atoms with Crippen LogP contribution >= 0.6 is 0 Å². The number of benzene rings is 1. The average molecular weight is 270 g/mol. The molecule has 100 valence electrons. The summed E-state index contributed by atoms with van der Waals surface area (Å²) in [7, 11) is 0. The lowest BCUT2D eigenvalue weighted by Crippen LogP contribution is -2.15. The van der Waals surface area contributed by atoms with E-state index in [0.29, 0.717) is 6.07 Å². The van der Waals surface area contributed by atoms with Gasteiger partial charge in [-0.2, -0.15) is 26.3 Å². The lowest BCUT2D eigenvalue weighted by atomic mass is 9.96. The molecular formula is C11H8F6O. The highest BCUT2D eigenvalue weighted by Gasteiger charge is 2.39. The van der Waals surface area contributed by atoms with Crippen LogP contribution in [0.4, 0.5) is 26.3 Å². The number of carbonyl (C=O) groups is 1. The van der Waals surface area contributed by atoms with Gasteiger partial charge in [-0.25, -0.2) is 0 Å². The van der Waals surface area contributed by atoms with Gasteiger partial charge in [-0.05, 0) is 24.1 Å². The quantitative estimate of drug-likeness (QED) is 0.584. The predicted octanol–water partition coefficient (Wildman–Crippen LogP) is 4.10. The molecule has 18 heavy (non-hydrogen) atoms. The van der Waals surface area contributed by atoms with Gasteiger partial charge in [-0.15, -0.1) is 0 Å². The molecule has 0 N–H and O–H groups in total. The second kappa shape index (κ2) is 4.62. The van der Waals surface area contributed by atoms with Gasteiger partial charge in [-0.3, -0.25) is 4.79 Å². The molecule has 0 bridgehead atoms. The Bertz CT molecular complexity index is 458. The first-order valence-electron chi connectivity index (χ1n) is 4.87. The zero-order valence-corrected chi connectivity index (χ0v) is 9.12. The van der Waals surface area contributed by atoms with E-state index in [0.717, 1.165) is 0 Å². The molecule has 0 spiro atoms. The fourth-order valence-corrected chi connectivity index (χ4v) is 1.56. The van der Waals surface area contributed by atoms with E-state index in [1.165, 1.54) is 6.92 Å². The van der Waals surface area contributed by atoms with Gasteiger partial charge in [-0.1, -0.05) is 6.92 Å². The third-order valence-electron chi connectivity index (χ3n) is 2.39. The first kappa shape index (κ1) is 14.5. The molecule has 0 fully saturated rings. The van der Waals surface area contributed by atoms with Crippen molar-refractivity contribution >= 4 is 6.29 Å². The van der Waals surface area contributed by atoms with Crippen molar-refractivity contribution in [2.45, 2.75) is 25.7 Å². The molecule has 0 radical (unpaired) electrons. The summed E-state index contributed by atoms with van der Waals surface area (Å²) in [6, 6.07) is 0.626. The molecule has 0 aromatic heterocycles. The van der Waals surface area contributed by atoms with E-state index in [1.54, 1.807) is 0 Å². The Kier molecular flexibility index (Phi) is 3.73. The van der Waals surface area contributed by atoms with Crippen LogP contribution in [-0.4, -0.2) is 6.29 Å². The Balaban J connectivity index is 3.60. The Hall–Kier alpha value is -1.53. The Morgan fingerprint density at radius 2 is 1.50 bits per heavy atom. The number of rotatable bonds is 2. The highest BCUT2D eigenvalue weighted by atomic mass is 19.4. The fraction of sp³-hybridized carbons (Fsp3) is 0.364. The van der Waals surface area contributed by atoms with Gasteiger partial charge >= 0.3 is 12.4 Å². The summed E-state index contributed by atoms with van der Waals surface area (Å²) in [5.74, 6) is 0. The minimum Gasteiger partial charge on any atom is -0.298 e. The van der Waals surface area contributed by atoms with Crippen molar-refractivity contribution in [1.82, 2.24) is 0 Å². The molecule has 1 aromatic rings. The number of carbonyl (C=O) groups excluding carboxylic acids is 1. The SMILES string of the molecule is CCc1cc(C=O)c(C(F)(F)F)cc1C(F)(F)F. The number of aryl methyl sites for hydroxylation is 1. The van der Waals surface area contributed by atoms with Crippen LogP contribution in [-0.2, 0) is 18.8 Å². The zero-order valence-electron chi connectivity index (χ0n) is 9.12. The highest BCUT2D eigenvalue weighted by Crippen LogP contribution is 2.39. The third kappa shape index (κ3) is 2.83. The number of halogens is 6. The number of aldehydes is 1. The standard InChI is InChI=1S/C11H8F6O/c1-2-6-3-7(5-18)9(11(15,16)17)4-8(6)10(12,13)14/h3-5H,2H2,1H3. The van der Waals surface area contributed by atoms with E-state index in [4.69, 9.17) is 0 Å². The van der Waals surface area contributed by atoms with Gasteiger partial charge in [0.2, 0.25) is 0 Å². The van der Waals surface area contributed by atoms with E-state index >= 15 is 0 Å². The topological polar surface area (TPSA) is 17.1 Å². The normalized spacial score (nSPS) is 12.6. The van der Waals surface area contributed by atoms with E-state index in [9.17, 15) is 31.1 Å². The Labute approximate surface area is 98.4 Å². The predicted molar refractivity (Wildman–Crippen MR) is 51.2 cm³/mol. The molecule has 0 aliphatic heterocycles. The molecule has 7 heteroatoms. The van der Waals surface area contributed by atoms with Crippen LogP contribution in [0.2, 0.25) is 0 Å². The van der Waals surface area contributed by atoms with E-state index in [1.807, 2.05) is 0 Å². The van der Waals surface area contributed by atoms with Crippen molar-refractivity contribution in [2.24, 2.45) is 0 Å². The van der Waals surface area contributed by atoms with Gasteiger partial charge in [0.1, 0.15) is 0 Å². The van der Waals surface area contributed by atoms with Crippen molar-refractivity contribution in [1.29, 1.82) is 0 Å². The van der Waals surface area contributed by atoms with Gasteiger partial charge in [0.05, 0.1) is 11.1 Å². The minimum atomic E-state index is -5.00. The molecular weight excluding hydrogens is 262 g/mol. The lowest BCUT2D eigenvalue weighted by molar-refractivity contribution is -0.143. The maximum Gasteiger partial charge on any atom is 0.417 e. The van der Waals surface area contributed by atoms with E-state index < -0.39 is 29.0 Å². The van der Waals surface area contributed by atoms with E-state index in [2.05, 4.69) is 0 Å². The molecule has 0 aliphatic rings. The first-order chi connectivity index (χ1) is 8.11. The lowest BCUT2D eigenvalue weighted by Gasteiger charge is -2.16. The summed E-state index contributed by atoms with van der Waals surface area (Å²) in [5, 5.41) is 0. The van der Waals surface area contributed by atoms with Crippen LogP contribution in [0.1, 0.15) is 34.0 Å². The monoisotopic (exact) mass is 270 g/mol. The van der Waals surface area contributed by atoms with Crippen LogP contribution < -0.4 is 0 Å². The fourth-order valence-electron chi connectivity index (χ4n) is 1.56. The van der Waals surface area contributed by atoms with Crippen LogP contribution in [0.15, 0.2) is 12.1 Å². The molecule has 0 heterocycles. The van der Waals surface area contributed by atoms with Gasteiger partial charge < -0.3 is 0 Å². The van der Waals surface area contributed by atoms with Crippen molar-refractivity contribution in [3.63, 3.8) is 0 Å². The summed E-state index contributed by atoms with van der Waals surface area (Å²) < 4.78 is 75.3. The Morgan fingerprint density at radius 1 is 1.00 bits per heavy atom. The van der Waals surface area contributed by atoms with E-state index in [-0.39, 0.29) is 24.3 Å². The minimum absolute atomic E-state index is 0.0113. The third-order valence-corrected chi connectivity index (χ3v) is 2.39. The molecule has 0 aliphatic carbocycles. The van der Waals surface area contributed by atoms with Crippen LogP contribution in [0, 0.1) is 0 Å². The zero-order chi connectivity index (χ0) is 14.1. The number of hydrogen-bond donors (Lipinski definition) is 0. The molecule has 0 saturated carbocycles. The maximum absolute atomic E-state index is 12.6. The molecule has 1 aromatic carbocycles. The van der Waals surface area contributed by atoms with Crippen molar-refractivity contribution in [3.05, 3.63) is 34.4 Å². The van der Waals surface area contributed by atoms with Crippen molar-refractivity contribution in [2.75, 3.05) is 0 Å². The average Bonchev–Trinajstić information content (AvgIpc) is 2.24. The van der Waals surface area contributed by atoms with Gasteiger partial charge in [0.25, 0.3) is 0 Å². The van der Waals surface area contributed by atoms with Gasteiger partial charge in [0, 0.05) is 5.56 Å². The molecule has 0 amide bonds. The largest absolute Gasteiger partial charge is 0.417 e. The summed E-state index contributed by atoms with van der Waals surface area (Å²) >= 11 is 0. The van der Waals surface area contributed by atoms with Crippen LogP contribution in [0.3, 0.4) is 0 Å².